The number of β-amino-alcohol motifs (C(OH)–C–C–N with tert-alkyl or cyclic N) is 1. The van der Waals surface area contributed by atoms with Gasteiger partial charge in [-0.1, -0.05) is 11.2 Å². The number of aromatic nitrogens is 3. The third kappa shape index (κ3) is 3.19. The van der Waals surface area contributed by atoms with E-state index in [4.69, 9.17) is 4.52 Å². The van der Waals surface area contributed by atoms with E-state index in [1.54, 1.807) is 0 Å². The summed E-state index contributed by atoms with van der Waals surface area (Å²) in [5.74, 6) is 1.93. The third-order valence-corrected chi connectivity index (χ3v) is 5.56. The number of likely N-dealkylation sites (tertiary alicyclic amines) is 2. The Hall–Kier alpha value is -1.83. The minimum Gasteiger partial charge on any atom is -0.395 e. The maximum absolute atomic E-state index is 9.36. The highest BCUT2D eigenvalue weighted by atomic mass is 16.5. The number of aryl methyl sites for hydroxylation is 1. The molecular formula is C18H25N5O2. The lowest BCUT2D eigenvalue weighted by molar-refractivity contribution is 0.0874. The normalized spacial score (nSPS) is 27.5. The molecule has 0 aliphatic carbocycles. The molecule has 0 radical (unpaired) electrons. The van der Waals surface area contributed by atoms with Crippen LogP contribution in [0.15, 0.2) is 29.0 Å². The molecule has 2 aromatic rings. The van der Waals surface area contributed by atoms with Crippen LogP contribution in [0.25, 0.3) is 0 Å². The average molecular weight is 343 g/mol. The first-order valence-corrected chi connectivity index (χ1v) is 8.95. The second-order valence-corrected chi connectivity index (χ2v) is 7.32. The fourth-order valence-corrected chi connectivity index (χ4v) is 4.45. The zero-order valence-electron chi connectivity index (χ0n) is 14.6. The highest BCUT2D eigenvalue weighted by molar-refractivity contribution is 5.18. The molecule has 7 heteroatoms. The second kappa shape index (κ2) is 6.82. The van der Waals surface area contributed by atoms with Gasteiger partial charge in [-0.3, -0.25) is 14.8 Å². The molecule has 0 amide bonds. The van der Waals surface area contributed by atoms with E-state index in [0.29, 0.717) is 18.3 Å². The number of aliphatic hydroxyl groups excluding tert-OH is 1. The van der Waals surface area contributed by atoms with Crippen molar-refractivity contribution in [2.45, 2.75) is 25.3 Å². The molecule has 25 heavy (non-hydrogen) atoms. The predicted octanol–water partition coefficient (Wildman–Crippen LogP) is 0.841. The van der Waals surface area contributed by atoms with E-state index < -0.39 is 0 Å². The van der Waals surface area contributed by atoms with Crippen LogP contribution >= 0.6 is 0 Å². The highest BCUT2D eigenvalue weighted by Crippen LogP contribution is 2.44. The molecule has 1 N–H and O–H groups in total. The van der Waals surface area contributed by atoms with Crippen LogP contribution in [0.2, 0.25) is 0 Å². The van der Waals surface area contributed by atoms with E-state index in [1.807, 2.05) is 25.4 Å². The molecule has 7 nitrogen and oxygen atoms in total. The lowest BCUT2D eigenvalue weighted by Crippen LogP contribution is -2.51. The summed E-state index contributed by atoms with van der Waals surface area (Å²) in [6.07, 6.45) is 4.84. The first-order chi connectivity index (χ1) is 12.2. The van der Waals surface area contributed by atoms with Gasteiger partial charge >= 0.3 is 0 Å². The molecule has 0 unspecified atom stereocenters. The zero-order valence-corrected chi connectivity index (χ0v) is 14.6. The lowest BCUT2D eigenvalue weighted by Gasteiger charge is -2.41. The van der Waals surface area contributed by atoms with Gasteiger partial charge in [-0.25, -0.2) is 0 Å². The van der Waals surface area contributed by atoms with Crippen LogP contribution < -0.4 is 0 Å². The third-order valence-electron chi connectivity index (χ3n) is 5.56. The maximum atomic E-state index is 9.36. The number of aliphatic hydroxyl groups is 1. The van der Waals surface area contributed by atoms with E-state index in [2.05, 4.69) is 31.0 Å². The topological polar surface area (TPSA) is 78.5 Å². The van der Waals surface area contributed by atoms with Crippen LogP contribution in [0.3, 0.4) is 0 Å². The van der Waals surface area contributed by atoms with Crippen LogP contribution in [0, 0.1) is 12.8 Å². The Morgan fingerprint density at radius 2 is 2.24 bits per heavy atom. The Morgan fingerprint density at radius 3 is 2.96 bits per heavy atom. The Bertz CT molecular complexity index is 707. The summed E-state index contributed by atoms with van der Waals surface area (Å²) in [7, 11) is 0. The molecule has 4 heterocycles. The van der Waals surface area contributed by atoms with Gasteiger partial charge in [-0.05, 0) is 37.4 Å². The van der Waals surface area contributed by atoms with Gasteiger partial charge in [-0.2, -0.15) is 4.98 Å². The molecular weight excluding hydrogens is 318 g/mol. The molecule has 4 rings (SSSR count). The monoisotopic (exact) mass is 343 g/mol. The SMILES string of the molecule is Cc1noc([C@]23CN(Cc4cccnc4)CC[C@H]2CN(CCO)C3)n1. The Kier molecular flexibility index (Phi) is 4.54. The van der Waals surface area contributed by atoms with Gasteiger partial charge in [0.1, 0.15) is 0 Å². The minimum absolute atomic E-state index is 0.142. The van der Waals surface area contributed by atoms with Gasteiger partial charge in [0.15, 0.2) is 5.82 Å². The van der Waals surface area contributed by atoms with Crippen molar-refractivity contribution in [1.29, 1.82) is 0 Å². The number of nitrogens with zero attached hydrogens (tertiary/aromatic N) is 5. The van der Waals surface area contributed by atoms with Crippen LogP contribution in [-0.2, 0) is 12.0 Å². The van der Waals surface area contributed by atoms with Crippen molar-refractivity contribution in [2.24, 2.45) is 5.92 Å². The summed E-state index contributed by atoms with van der Waals surface area (Å²) in [5, 5.41) is 13.4. The summed E-state index contributed by atoms with van der Waals surface area (Å²) >= 11 is 0. The summed E-state index contributed by atoms with van der Waals surface area (Å²) in [6, 6.07) is 4.10. The Labute approximate surface area is 147 Å². The molecule has 2 aliphatic rings. The van der Waals surface area contributed by atoms with Crippen molar-refractivity contribution in [3.63, 3.8) is 0 Å². The first-order valence-electron chi connectivity index (χ1n) is 8.95. The standard InChI is InChI=1S/C18H25N5O2/c1-14-20-17(25-21-14)18-12-22(10-15-3-2-5-19-9-15)6-4-16(18)11-23(13-18)7-8-24/h2-3,5,9,16,24H,4,6-8,10-13H2,1H3/t16-,18-/m0/s1. The zero-order chi connectivity index (χ0) is 17.3. The molecule has 2 fully saturated rings. The molecule has 0 bridgehead atoms. The predicted molar refractivity (Wildman–Crippen MR) is 91.9 cm³/mol. The number of piperidine rings is 1. The molecule has 2 atom stereocenters. The molecule has 0 saturated carbocycles. The lowest BCUT2D eigenvalue weighted by atomic mass is 9.73. The largest absolute Gasteiger partial charge is 0.395 e. The number of fused-ring (bicyclic) bond motifs is 1. The molecule has 2 aliphatic heterocycles. The first kappa shape index (κ1) is 16.6. The smallest absolute Gasteiger partial charge is 0.235 e. The highest BCUT2D eigenvalue weighted by Gasteiger charge is 2.54. The molecule has 2 saturated heterocycles. The van der Waals surface area contributed by atoms with E-state index in [-0.39, 0.29) is 12.0 Å². The quantitative estimate of drug-likeness (QED) is 0.862. The van der Waals surface area contributed by atoms with E-state index in [1.165, 1.54) is 5.56 Å². The van der Waals surface area contributed by atoms with Crippen molar-refractivity contribution in [3.8, 4) is 0 Å². The number of hydrogen-bond donors (Lipinski definition) is 1. The van der Waals surface area contributed by atoms with E-state index >= 15 is 0 Å². The summed E-state index contributed by atoms with van der Waals surface area (Å²) in [6.45, 7) is 7.45. The molecule has 0 spiro atoms. The molecule has 0 aromatic carbocycles. The van der Waals surface area contributed by atoms with Crippen molar-refractivity contribution in [1.82, 2.24) is 24.9 Å². The summed E-state index contributed by atoms with van der Waals surface area (Å²) < 4.78 is 5.64. The summed E-state index contributed by atoms with van der Waals surface area (Å²) in [5.41, 5.74) is 1.08. The van der Waals surface area contributed by atoms with Crippen molar-refractivity contribution < 1.29 is 9.63 Å². The number of hydrogen-bond acceptors (Lipinski definition) is 7. The van der Waals surface area contributed by atoms with Gasteiger partial charge in [0.2, 0.25) is 5.89 Å². The van der Waals surface area contributed by atoms with Gasteiger partial charge < -0.3 is 9.63 Å². The Balaban J connectivity index is 1.59. The maximum Gasteiger partial charge on any atom is 0.235 e. The second-order valence-electron chi connectivity index (χ2n) is 7.32. The van der Waals surface area contributed by atoms with Crippen LogP contribution in [0.4, 0.5) is 0 Å². The van der Waals surface area contributed by atoms with Gasteiger partial charge in [0.05, 0.1) is 12.0 Å². The number of rotatable bonds is 5. The fraction of sp³-hybridized carbons (Fsp3) is 0.611. The van der Waals surface area contributed by atoms with E-state index in [9.17, 15) is 5.11 Å². The van der Waals surface area contributed by atoms with Gasteiger partial charge in [-0.15, -0.1) is 0 Å². The van der Waals surface area contributed by atoms with Crippen molar-refractivity contribution in [2.75, 3.05) is 39.3 Å². The summed E-state index contributed by atoms with van der Waals surface area (Å²) in [4.78, 5) is 13.6. The van der Waals surface area contributed by atoms with Crippen LogP contribution in [0.1, 0.15) is 23.7 Å². The Morgan fingerprint density at radius 1 is 1.36 bits per heavy atom. The van der Waals surface area contributed by atoms with Crippen molar-refractivity contribution >= 4 is 0 Å². The average Bonchev–Trinajstić information content (AvgIpc) is 3.20. The van der Waals surface area contributed by atoms with Crippen LogP contribution in [-0.4, -0.2) is 69.4 Å². The fourth-order valence-electron chi connectivity index (χ4n) is 4.45. The number of pyridine rings is 1. The minimum atomic E-state index is -0.142. The van der Waals surface area contributed by atoms with Crippen molar-refractivity contribution in [3.05, 3.63) is 41.8 Å². The van der Waals surface area contributed by atoms with Gasteiger partial charge in [0, 0.05) is 45.1 Å². The molecule has 134 valence electrons. The van der Waals surface area contributed by atoms with Crippen LogP contribution in [0.5, 0.6) is 0 Å². The van der Waals surface area contributed by atoms with E-state index in [0.717, 1.165) is 45.0 Å². The molecule has 2 aromatic heterocycles. The van der Waals surface area contributed by atoms with Gasteiger partial charge in [0.25, 0.3) is 0 Å².